The number of imide groups is 3. The molecule has 4 rings (SSSR count). The van der Waals surface area contributed by atoms with Gasteiger partial charge in [-0.2, -0.15) is 4.90 Å². The van der Waals surface area contributed by atoms with E-state index < -0.39 is 48.9 Å². The van der Waals surface area contributed by atoms with Crippen LogP contribution in [0.4, 0.5) is 4.79 Å². The molecular formula is C21H24BNO7. The summed E-state index contributed by atoms with van der Waals surface area (Å²) in [5, 5.41) is 20.7. The molecule has 1 aromatic carbocycles. The second kappa shape index (κ2) is 7.56. The molecule has 0 unspecified atom stereocenters. The van der Waals surface area contributed by atoms with Crippen LogP contribution >= 0.6 is 0 Å². The van der Waals surface area contributed by atoms with E-state index in [1.807, 2.05) is 13.8 Å². The molecule has 158 valence electrons. The average Bonchev–Trinajstić information content (AvgIpc) is 2.97. The molecular weight excluding hydrogens is 389 g/mol. The van der Waals surface area contributed by atoms with Crippen LogP contribution < -0.4 is 0 Å². The topological polar surface area (TPSA) is 113 Å². The summed E-state index contributed by atoms with van der Waals surface area (Å²) in [4.78, 5) is 38.7. The van der Waals surface area contributed by atoms with Gasteiger partial charge in [0.1, 0.15) is 5.75 Å². The molecule has 1 aliphatic carbocycles. The fraction of sp³-hybridized carbons (Fsp3) is 0.476. The molecule has 3 aliphatic rings. The first-order valence-electron chi connectivity index (χ1n) is 10.1. The van der Waals surface area contributed by atoms with Gasteiger partial charge in [0.15, 0.2) is 0 Å². The highest BCUT2D eigenvalue weighted by molar-refractivity contribution is 6.53. The highest BCUT2D eigenvalue weighted by Crippen LogP contribution is 2.52. The van der Waals surface area contributed by atoms with Crippen molar-refractivity contribution in [2.24, 2.45) is 23.7 Å². The summed E-state index contributed by atoms with van der Waals surface area (Å²) in [5.74, 6) is -2.92. The summed E-state index contributed by atoms with van der Waals surface area (Å²) >= 11 is 0. The molecule has 2 fully saturated rings. The smallest absolute Gasteiger partial charge is 0.487 e. The fourth-order valence-corrected chi connectivity index (χ4v) is 5.11. The third-order valence-corrected chi connectivity index (χ3v) is 6.44. The van der Waals surface area contributed by atoms with E-state index in [1.165, 1.54) is 6.07 Å². The SMILES string of the molecule is COC(=O)N1C(=O)[C@H]2[C@H](CC(C(C)C)=C3B(O)O[C@H](c4cccc(O)c4)C[C@H]32)C1=O. The van der Waals surface area contributed by atoms with E-state index in [-0.39, 0.29) is 11.7 Å². The number of phenols is 1. The van der Waals surface area contributed by atoms with Crippen molar-refractivity contribution < 1.29 is 33.9 Å². The molecule has 2 heterocycles. The number of hydrogen-bond donors (Lipinski definition) is 2. The number of amides is 3. The van der Waals surface area contributed by atoms with Crippen LogP contribution in [0.3, 0.4) is 0 Å². The van der Waals surface area contributed by atoms with Gasteiger partial charge in [-0.15, -0.1) is 0 Å². The maximum Gasteiger partial charge on any atom is 0.487 e. The van der Waals surface area contributed by atoms with Crippen molar-refractivity contribution >= 4 is 25.0 Å². The number of carbonyl (C=O) groups is 3. The van der Waals surface area contributed by atoms with E-state index in [4.69, 9.17) is 4.65 Å². The number of benzene rings is 1. The Balaban J connectivity index is 1.77. The lowest BCUT2D eigenvalue weighted by atomic mass is 9.54. The van der Waals surface area contributed by atoms with E-state index in [0.29, 0.717) is 28.8 Å². The molecule has 8 nitrogen and oxygen atoms in total. The predicted molar refractivity (Wildman–Crippen MR) is 106 cm³/mol. The standard InChI is InChI=1S/C21H24BNO7/c1-10(2)13-8-15-17(20(26)23(19(15)25)21(27)29-3)14-9-16(30-22(28)18(13)14)11-5-4-6-12(24)7-11/h4-7,10,14-17,24,28H,8-9H2,1-3H3/t14-,15-,16-,17+/m0/s1. The summed E-state index contributed by atoms with van der Waals surface area (Å²) in [6.07, 6.45) is -0.905. The largest absolute Gasteiger partial charge is 0.508 e. The van der Waals surface area contributed by atoms with Gasteiger partial charge in [0, 0.05) is 0 Å². The van der Waals surface area contributed by atoms with Crippen molar-refractivity contribution in [1.29, 1.82) is 0 Å². The average molecular weight is 413 g/mol. The Labute approximate surface area is 174 Å². The van der Waals surface area contributed by atoms with Gasteiger partial charge in [-0.1, -0.05) is 31.6 Å². The Morgan fingerprint density at radius 1 is 1.27 bits per heavy atom. The van der Waals surface area contributed by atoms with Crippen LogP contribution in [-0.2, 0) is 19.0 Å². The minimum atomic E-state index is -1.23. The van der Waals surface area contributed by atoms with Crippen molar-refractivity contribution in [2.75, 3.05) is 7.11 Å². The number of rotatable bonds is 2. The second-order valence-corrected chi connectivity index (χ2v) is 8.37. The summed E-state index contributed by atoms with van der Waals surface area (Å²) in [5.41, 5.74) is 2.19. The van der Waals surface area contributed by atoms with Crippen molar-refractivity contribution in [3.8, 4) is 5.75 Å². The van der Waals surface area contributed by atoms with Gasteiger partial charge in [0.25, 0.3) is 0 Å². The molecule has 30 heavy (non-hydrogen) atoms. The number of phenolic OH excluding ortho intramolecular Hbond substituents is 1. The van der Waals surface area contributed by atoms with E-state index in [9.17, 15) is 24.5 Å². The Morgan fingerprint density at radius 3 is 2.63 bits per heavy atom. The molecule has 0 saturated carbocycles. The zero-order chi connectivity index (χ0) is 21.7. The molecule has 9 heteroatoms. The molecule has 0 bridgehead atoms. The van der Waals surface area contributed by atoms with Crippen LogP contribution in [0, 0.1) is 23.7 Å². The number of fused-ring (bicyclic) bond motifs is 3. The van der Waals surface area contributed by atoms with E-state index in [0.717, 1.165) is 12.7 Å². The highest BCUT2D eigenvalue weighted by atomic mass is 16.5. The van der Waals surface area contributed by atoms with Gasteiger partial charge in [-0.05, 0) is 47.8 Å². The number of likely N-dealkylation sites (tertiary alicyclic amines) is 1. The third-order valence-electron chi connectivity index (χ3n) is 6.44. The summed E-state index contributed by atoms with van der Waals surface area (Å²) in [6.45, 7) is 3.93. The molecule has 2 N–H and O–H groups in total. The molecule has 1 aromatic rings. The maximum atomic E-state index is 13.1. The number of nitrogens with zero attached hydrogens (tertiary/aromatic N) is 1. The Kier molecular flexibility index (Phi) is 5.19. The lowest BCUT2D eigenvalue weighted by Gasteiger charge is -2.43. The fourth-order valence-electron chi connectivity index (χ4n) is 5.11. The van der Waals surface area contributed by atoms with Gasteiger partial charge in [-0.25, -0.2) is 4.79 Å². The molecule has 0 spiro atoms. The Morgan fingerprint density at radius 2 is 2.00 bits per heavy atom. The van der Waals surface area contributed by atoms with Crippen LogP contribution in [-0.4, -0.2) is 47.2 Å². The zero-order valence-corrected chi connectivity index (χ0v) is 17.1. The van der Waals surface area contributed by atoms with Crippen molar-refractivity contribution in [3.05, 3.63) is 40.9 Å². The minimum absolute atomic E-state index is 0.0362. The van der Waals surface area contributed by atoms with Crippen LogP contribution in [0.15, 0.2) is 35.3 Å². The van der Waals surface area contributed by atoms with E-state index in [1.54, 1.807) is 18.2 Å². The zero-order valence-electron chi connectivity index (χ0n) is 17.1. The molecule has 2 saturated heterocycles. The summed E-state index contributed by atoms with van der Waals surface area (Å²) in [6, 6.07) is 6.54. The van der Waals surface area contributed by atoms with Gasteiger partial charge in [0.2, 0.25) is 11.8 Å². The van der Waals surface area contributed by atoms with Crippen LogP contribution in [0.5, 0.6) is 5.75 Å². The molecule has 3 amide bonds. The van der Waals surface area contributed by atoms with Gasteiger partial charge < -0.3 is 19.5 Å². The number of allylic oxidation sites excluding steroid dienone is 2. The quantitative estimate of drug-likeness (QED) is 0.565. The molecule has 2 aliphatic heterocycles. The number of aromatic hydroxyl groups is 1. The van der Waals surface area contributed by atoms with Crippen molar-refractivity contribution in [2.45, 2.75) is 32.8 Å². The predicted octanol–water partition coefficient (Wildman–Crippen LogP) is 2.21. The first kappa shape index (κ1) is 20.6. The first-order chi connectivity index (χ1) is 14.2. The normalized spacial score (nSPS) is 28.7. The van der Waals surface area contributed by atoms with Gasteiger partial charge in [-0.3, -0.25) is 9.59 Å². The second-order valence-electron chi connectivity index (χ2n) is 8.37. The third kappa shape index (κ3) is 3.13. The first-order valence-corrected chi connectivity index (χ1v) is 10.1. The Bertz CT molecular complexity index is 943. The highest BCUT2D eigenvalue weighted by Gasteiger charge is 2.59. The van der Waals surface area contributed by atoms with E-state index >= 15 is 0 Å². The number of carbonyl (C=O) groups excluding carboxylic acids is 3. The van der Waals surface area contributed by atoms with Crippen LogP contribution in [0.2, 0.25) is 0 Å². The lowest BCUT2D eigenvalue weighted by Crippen LogP contribution is -2.45. The number of methoxy groups -OCH3 is 1. The van der Waals surface area contributed by atoms with Crippen molar-refractivity contribution in [1.82, 2.24) is 4.90 Å². The van der Waals surface area contributed by atoms with Gasteiger partial charge in [0.05, 0.1) is 25.0 Å². The number of hydrogen-bond acceptors (Lipinski definition) is 7. The lowest BCUT2D eigenvalue weighted by molar-refractivity contribution is -0.137. The molecule has 4 atom stereocenters. The summed E-state index contributed by atoms with van der Waals surface area (Å²) < 4.78 is 10.5. The monoisotopic (exact) mass is 413 g/mol. The van der Waals surface area contributed by atoms with E-state index in [2.05, 4.69) is 4.74 Å². The molecule has 0 radical (unpaired) electrons. The Hall–Kier alpha value is -2.65. The van der Waals surface area contributed by atoms with Crippen LogP contribution in [0.1, 0.15) is 38.4 Å². The minimum Gasteiger partial charge on any atom is -0.508 e. The van der Waals surface area contributed by atoms with Gasteiger partial charge >= 0.3 is 13.2 Å². The maximum absolute atomic E-state index is 13.1. The molecule has 0 aromatic heterocycles. The van der Waals surface area contributed by atoms with Crippen LogP contribution in [0.25, 0.3) is 0 Å². The van der Waals surface area contributed by atoms with Crippen molar-refractivity contribution in [3.63, 3.8) is 0 Å². The summed E-state index contributed by atoms with van der Waals surface area (Å²) in [7, 11) is -0.103. The number of ether oxygens (including phenoxy) is 1.